The van der Waals surface area contributed by atoms with Crippen molar-refractivity contribution in [2.75, 3.05) is 12.4 Å². The molecule has 3 nitrogen and oxygen atoms in total. The van der Waals surface area contributed by atoms with Crippen molar-refractivity contribution >= 4 is 34.9 Å². The van der Waals surface area contributed by atoms with Crippen LogP contribution in [-0.2, 0) is 9.53 Å². The Hall–Kier alpha value is -1.71. The molecular formula is C15H13Cl2NO2. The maximum absolute atomic E-state index is 12.0. The van der Waals surface area contributed by atoms with Crippen LogP contribution < -0.4 is 5.32 Å². The van der Waals surface area contributed by atoms with Crippen molar-refractivity contribution in [1.29, 1.82) is 0 Å². The van der Waals surface area contributed by atoms with E-state index in [1.54, 1.807) is 36.4 Å². The van der Waals surface area contributed by atoms with Gasteiger partial charge < -0.3 is 10.1 Å². The highest BCUT2D eigenvalue weighted by Crippen LogP contribution is 2.28. The molecule has 0 saturated carbocycles. The van der Waals surface area contributed by atoms with E-state index in [1.807, 2.05) is 12.1 Å². The van der Waals surface area contributed by atoms with E-state index < -0.39 is 12.0 Å². The number of hydrogen-bond acceptors (Lipinski definition) is 3. The van der Waals surface area contributed by atoms with Crippen LogP contribution in [0.2, 0.25) is 10.0 Å². The Morgan fingerprint density at radius 3 is 2.55 bits per heavy atom. The van der Waals surface area contributed by atoms with Crippen LogP contribution >= 0.6 is 23.2 Å². The number of esters is 1. The average Bonchev–Trinajstić information content (AvgIpc) is 2.45. The Morgan fingerprint density at radius 1 is 1.15 bits per heavy atom. The van der Waals surface area contributed by atoms with Crippen LogP contribution in [0.1, 0.15) is 11.6 Å². The first-order valence-corrected chi connectivity index (χ1v) is 6.72. The predicted octanol–water partition coefficient (Wildman–Crippen LogP) is 4.32. The lowest BCUT2D eigenvalue weighted by molar-refractivity contribution is -0.141. The van der Waals surface area contributed by atoms with Crippen molar-refractivity contribution in [3.63, 3.8) is 0 Å². The number of benzene rings is 2. The van der Waals surface area contributed by atoms with E-state index >= 15 is 0 Å². The summed E-state index contributed by atoms with van der Waals surface area (Å²) in [6.07, 6.45) is 0. The van der Waals surface area contributed by atoms with E-state index in [0.29, 0.717) is 21.3 Å². The summed E-state index contributed by atoms with van der Waals surface area (Å²) in [6, 6.07) is 13.5. The van der Waals surface area contributed by atoms with Gasteiger partial charge in [0.1, 0.15) is 0 Å². The third kappa shape index (κ3) is 3.44. The molecule has 0 amide bonds. The minimum atomic E-state index is -0.688. The lowest BCUT2D eigenvalue weighted by Gasteiger charge is -2.19. The Bertz CT molecular complexity index is 616. The standard InChI is InChI=1S/C15H13Cl2NO2/c1-20-15(19)14(12-7-2-3-8-13(12)17)18-11-6-4-5-10(16)9-11/h2-9,14,18H,1H3. The van der Waals surface area contributed by atoms with Crippen LogP contribution in [0.15, 0.2) is 48.5 Å². The van der Waals surface area contributed by atoms with Gasteiger partial charge in [-0.25, -0.2) is 4.79 Å². The third-order valence-electron chi connectivity index (χ3n) is 2.79. The molecule has 0 heterocycles. The van der Waals surface area contributed by atoms with Gasteiger partial charge in [-0.2, -0.15) is 0 Å². The molecule has 0 aliphatic carbocycles. The van der Waals surface area contributed by atoms with Crippen LogP contribution in [0, 0.1) is 0 Å². The zero-order valence-corrected chi connectivity index (χ0v) is 12.3. The number of anilines is 1. The van der Waals surface area contributed by atoms with Gasteiger partial charge in [0.25, 0.3) is 0 Å². The summed E-state index contributed by atoms with van der Waals surface area (Å²) in [5.74, 6) is -0.418. The number of carbonyl (C=O) groups is 1. The zero-order valence-electron chi connectivity index (χ0n) is 10.8. The molecule has 2 aromatic carbocycles. The van der Waals surface area contributed by atoms with Gasteiger partial charge >= 0.3 is 5.97 Å². The van der Waals surface area contributed by atoms with E-state index in [2.05, 4.69) is 5.32 Å². The summed E-state index contributed by atoms with van der Waals surface area (Å²) in [5, 5.41) is 4.16. The fourth-order valence-corrected chi connectivity index (χ4v) is 2.27. The van der Waals surface area contributed by atoms with Crippen molar-refractivity contribution in [2.45, 2.75) is 6.04 Å². The SMILES string of the molecule is COC(=O)C(Nc1cccc(Cl)c1)c1ccccc1Cl. The van der Waals surface area contributed by atoms with Crippen molar-refractivity contribution in [3.8, 4) is 0 Å². The van der Waals surface area contributed by atoms with Crippen molar-refractivity contribution in [1.82, 2.24) is 0 Å². The van der Waals surface area contributed by atoms with Gasteiger partial charge in [-0.3, -0.25) is 0 Å². The maximum atomic E-state index is 12.0. The van der Waals surface area contributed by atoms with Gasteiger partial charge in [0, 0.05) is 21.3 Å². The van der Waals surface area contributed by atoms with Gasteiger partial charge in [-0.15, -0.1) is 0 Å². The van der Waals surface area contributed by atoms with E-state index in [9.17, 15) is 4.79 Å². The second-order valence-corrected chi connectivity index (χ2v) is 4.98. The van der Waals surface area contributed by atoms with Crippen molar-refractivity contribution in [2.24, 2.45) is 0 Å². The number of nitrogens with one attached hydrogen (secondary N) is 1. The highest BCUT2D eigenvalue weighted by molar-refractivity contribution is 6.31. The Morgan fingerprint density at radius 2 is 1.90 bits per heavy atom. The van der Waals surface area contributed by atoms with Crippen LogP contribution in [-0.4, -0.2) is 13.1 Å². The molecule has 0 radical (unpaired) electrons. The fraction of sp³-hybridized carbons (Fsp3) is 0.133. The minimum Gasteiger partial charge on any atom is -0.467 e. The average molecular weight is 310 g/mol. The number of halogens is 2. The highest BCUT2D eigenvalue weighted by atomic mass is 35.5. The molecule has 1 atom stereocenters. The van der Waals surface area contributed by atoms with Gasteiger partial charge in [-0.05, 0) is 24.3 Å². The summed E-state index contributed by atoms with van der Waals surface area (Å²) in [4.78, 5) is 12.0. The molecule has 0 spiro atoms. The largest absolute Gasteiger partial charge is 0.467 e. The van der Waals surface area contributed by atoms with Gasteiger partial charge in [-0.1, -0.05) is 47.5 Å². The quantitative estimate of drug-likeness (QED) is 0.855. The maximum Gasteiger partial charge on any atom is 0.333 e. The zero-order chi connectivity index (χ0) is 14.5. The molecular weight excluding hydrogens is 297 g/mol. The van der Waals surface area contributed by atoms with E-state index in [-0.39, 0.29) is 0 Å². The summed E-state index contributed by atoms with van der Waals surface area (Å²) in [7, 11) is 1.34. The van der Waals surface area contributed by atoms with Crippen LogP contribution in [0.5, 0.6) is 0 Å². The molecule has 0 aliphatic heterocycles. The van der Waals surface area contributed by atoms with Crippen LogP contribution in [0.3, 0.4) is 0 Å². The molecule has 2 aromatic rings. The van der Waals surface area contributed by atoms with E-state index in [1.165, 1.54) is 7.11 Å². The van der Waals surface area contributed by atoms with Crippen LogP contribution in [0.4, 0.5) is 5.69 Å². The number of carbonyl (C=O) groups excluding carboxylic acids is 1. The summed E-state index contributed by atoms with van der Waals surface area (Å²) in [6.45, 7) is 0. The lowest BCUT2D eigenvalue weighted by atomic mass is 10.1. The predicted molar refractivity (Wildman–Crippen MR) is 81.3 cm³/mol. The molecule has 0 saturated heterocycles. The van der Waals surface area contributed by atoms with Gasteiger partial charge in [0.15, 0.2) is 6.04 Å². The second-order valence-electron chi connectivity index (χ2n) is 4.13. The minimum absolute atomic E-state index is 0.418. The Labute approximate surface area is 127 Å². The van der Waals surface area contributed by atoms with Gasteiger partial charge in [0.2, 0.25) is 0 Å². The van der Waals surface area contributed by atoms with Crippen molar-refractivity contribution in [3.05, 3.63) is 64.1 Å². The molecule has 1 N–H and O–H groups in total. The highest BCUT2D eigenvalue weighted by Gasteiger charge is 2.23. The first kappa shape index (κ1) is 14.7. The summed E-state index contributed by atoms with van der Waals surface area (Å²) in [5.41, 5.74) is 1.37. The Balaban J connectivity index is 2.34. The molecule has 0 aliphatic rings. The van der Waals surface area contributed by atoms with Gasteiger partial charge in [0.05, 0.1) is 7.11 Å². The topological polar surface area (TPSA) is 38.3 Å². The monoisotopic (exact) mass is 309 g/mol. The molecule has 0 fully saturated rings. The Kier molecular flexibility index (Phi) is 4.88. The molecule has 20 heavy (non-hydrogen) atoms. The van der Waals surface area contributed by atoms with E-state index in [0.717, 1.165) is 0 Å². The molecule has 5 heteroatoms. The fourth-order valence-electron chi connectivity index (χ4n) is 1.84. The lowest BCUT2D eigenvalue weighted by Crippen LogP contribution is -2.22. The number of methoxy groups -OCH3 is 1. The molecule has 0 aromatic heterocycles. The molecule has 104 valence electrons. The summed E-state index contributed by atoms with van der Waals surface area (Å²) < 4.78 is 4.83. The van der Waals surface area contributed by atoms with Crippen LogP contribution in [0.25, 0.3) is 0 Å². The first-order valence-electron chi connectivity index (χ1n) is 5.96. The van der Waals surface area contributed by atoms with E-state index in [4.69, 9.17) is 27.9 Å². The smallest absolute Gasteiger partial charge is 0.333 e. The summed E-state index contributed by atoms with van der Waals surface area (Å²) >= 11 is 12.1. The molecule has 1 unspecified atom stereocenters. The van der Waals surface area contributed by atoms with Crippen molar-refractivity contribution < 1.29 is 9.53 Å². The molecule has 2 rings (SSSR count). The molecule has 0 bridgehead atoms. The number of hydrogen-bond donors (Lipinski definition) is 1. The first-order chi connectivity index (χ1) is 9.61. The normalized spacial score (nSPS) is 11.8. The third-order valence-corrected chi connectivity index (χ3v) is 3.37. The number of ether oxygens (including phenoxy) is 1. The number of rotatable bonds is 4. The second kappa shape index (κ2) is 6.64.